The number of likely N-dealkylation sites (N-methyl/N-ethyl adjacent to an activating group) is 1. The molecule has 5 nitrogen and oxygen atoms in total. The maximum absolute atomic E-state index is 12.2. The Kier molecular flexibility index (Phi) is 3.68. The van der Waals surface area contributed by atoms with E-state index in [1.54, 1.807) is 25.2 Å². The molecule has 0 fully saturated rings. The molecule has 0 saturated carbocycles. The molecule has 96 valence electrons. The number of hydrogen-bond donors (Lipinski definition) is 2. The van der Waals surface area contributed by atoms with Crippen LogP contribution in [0.4, 0.5) is 0 Å². The van der Waals surface area contributed by atoms with E-state index >= 15 is 0 Å². The van der Waals surface area contributed by atoms with Crippen molar-refractivity contribution in [3.8, 4) is 0 Å². The predicted octanol–water partition coefficient (Wildman–Crippen LogP) is 1.06. The molecule has 2 N–H and O–H groups in total. The second-order valence-electron chi connectivity index (χ2n) is 4.23. The zero-order chi connectivity index (χ0) is 13.3. The van der Waals surface area contributed by atoms with Crippen LogP contribution >= 0.6 is 15.9 Å². The smallest absolute Gasteiger partial charge is 0.315 e. The van der Waals surface area contributed by atoms with Crippen molar-refractivity contribution in [2.24, 2.45) is 0 Å². The lowest BCUT2D eigenvalue weighted by Crippen LogP contribution is -2.40. The van der Waals surface area contributed by atoms with Crippen molar-refractivity contribution in [3.05, 3.63) is 43.5 Å². The molecule has 1 heterocycles. The first-order valence-corrected chi connectivity index (χ1v) is 6.42. The third-order valence-corrected chi connectivity index (χ3v) is 3.39. The topological polar surface area (TPSA) is 66.9 Å². The summed E-state index contributed by atoms with van der Waals surface area (Å²) >= 11 is 3.32. The minimum atomic E-state index is -0.378. The Bertz CT molecular complexity index is 690. The summed E-state index contributed by atoms with van der Waals surface area (Å²) in [6, 6.07) is 5.27. The Morgan fingerprint density at radius 3 is 2.83 bits per heavy atom. The van der Waals surface area contributed by atoms with Gasteiger partial charge in [-0.05, 0) is 32.2 Å². The first-order chi connectivity index (χ1) is 8.52. The van der Waals surface area contributed by atoms with Gasteiger partial charge in [-0.1, -0.05) is 15.9 Å². The van der Waals surface area contributed by atoms with Gasteiger partial charge in [-0.2, -0.15) is 0 Å². The maximum atomic E-state index is 12.2. The Hall–Kier alpha value is -1.40. The molecule has 2 aromatic rings. The molecule has 0 spiro atoms. The van der Waals surface area contributed by atoms with E-state index in [-0.39, 0.29) is 17.3 Å². The van der Waals surface area contributed by atoms with Crippen LogP contribution in [0.2, 0.25) is 0 Å². The van der Waals surface area contributed by atoms with E-state index in [0.29, 0.717) is 17.4 Å². The van der Waals surface area contributed by atoms with Crippen molar-refractivity contribution >= 4 is 26.8 Å². The molecule has 18 heavy (non-hydrogen) atoms. The zero-order valence-electron chi connectivity index (χ0n) is 10.2. The molecular weight excluding hydrogens is 298 g/mol. The molecule has 0 bridgehead atoms. The number of aromatic amines is 1. The van der Waals surface area contributed by atoms with Crippen molar-refractivity contribution in [1.29, 1.82) is 0 Å². The Morgan fingerprint density at radius 2 is 2.17 bits per heavy atom. The number of aromatic nitrogens is 2. The van der Waals surface area contributed by atoms with Gasteiger partial charge in [0, 0.05) is 17.1 Å². The van der Waals surface area contributed by atoms with E-state index in [1.165, 1.54) is 4.57 Å². The monoisotopic (exact) mass is 311 g/mol. The van der Waals surface area contributed by atoms with Crippen LogP contribution in [-0.2, 0) is 6.54 Å². The number of H-pyrrole nitrogens is 1. The average Bonchev–Trinajstić information content (AvgIpc) is 2.35. The molecule has 1 aromatic carbocycles. The summed E-state index contributed by atoms with van der Waals surface area (Å²) < 4.78 is 2.03. The quantitative estimate of drug-likeness (QED) is 0.890. The summed E-state index contributed by atoms with van der Waals surface area (Å²) in [6.07, 6.45) is 0. The van der Waals surface area contributed by atoms with Crippen molar-refractivity contribution in [3.63, 3.8) is 0 Å². The van der Waals surface area contributed by atoms with Gasteiger partial charge in [0.1, 0.15) is 0 Å². The summed E-state index contributed by atoms with van der Waals surface area (Å²) in [5.41, 5.74) is -0.0874. The number of nitrogens with one attached hydrogen (secondary N) is 2. The van der Waals surface area contributed by atoms with Crippen LogP contribution in [0.15, 0.2) is 32.3 Å². The van der Waals surface area contributed by atoms with Crippen LogP contribution in [0.3, 0.4) is 0 Å². The number of hydrogen-bond acceptors (Lipinski definition) is 3. The van der Waals surface area contributed by atoms with Crippen LogP contribution in [-0.4, -0.2) is 22.6 Å². The summed E-state index contributed by atoms with van der Waals surface area (Å²) in [7, 11) is 1.79. The SMILES string of the molecule is CNC(C)Cn1c(=O)[nH]c2ccc(Br)cc2c1=O. The lowest BCUT2D eigenvalue weighted by molar-refractivity contribution is 0.492. The average molecular weight is 312 g/mol. The minimum absolute atomic E-state index is 0.0494. The van der Waals surface area contributed by atoms with Crippen molar-refractivity contribution in [2.75, 3.05) is 7.05 Å². The third-order valence-electron chi connectivity index (χ3n) is 2.89. The fraction of sp³-hybridized carbons (Fsp3) is 0.333. The number of rotatable bonds is 3. The Balaban J connectivity index is 2.68. The van der Waals surface area contributed by atoms with E-state index in [4.69, 9.17) is 0 Å². The molecule has 2 rings (SSSR count). The van der Waals surface area contributed by atoms with Gasteiger partial charge in [0.15, 0.2) is 0 Å². The molecule has 0 radical (unpaired) electrons. The van der Waals surface area contributed by atoms with Crippen molar-refractivity contribution in [2.45, 2.75) is 19.5 Å². The van der Waals surface area contributed by atoms with Gasteiger partial charge in [0.05, 0.1) is 10.9 Å². The third kappa shape index (κ3) is 2.39. The summed E-state index contributed by atoms with van der Waals surface area (Å²) in [6.45, 7) is 2.25. The fourth-order valence-corrected chi connectivity index (χ4v) is 2.11. The van der Waals surface area contributed by atoms with Crippen molar-refractivity contribution < 1.29 is 0 Å². The van der Waals surface area contributed by atoms with Crippen molar-refractivity contribution in [1.82, 2.24) is 14.9 Å². The molecule has 0 aliphatic heterocycles. The van der Waals surface area contributed by atoms with Crippen LogP contribution < -0.4 is 16.6 Å². The minimum Gasteiger partial charge on any atom is -0.315 e. The maximum Gasteiger partial charge on any atom is 0.328 e. The molecular formula is C12H14BrN3O2. The summed E-state index contributed by atoms with van der Waals surface area (Å²) in [5.74, 6) is 0. The van der Waals surface area contributed by atoms with E-state index in [2.05, 4.69) is 26.2 Å². The summed E-state index contributed by atoms with van der Waals surface area (Å²) in [5, 5.41) is 3.51. The van der Waals surface area contributed by atoms with Gasteiger partial charge < -0.3 is 10.3 Å². The van der Waals surface area contributed by atoms with E-state index < -0.39 is 0 Å². The molecule has 0 aliphatic carbocycles. The largest absolute Gasteiger partial charge is 0.328 e. The fourth-order valence-electron chi connectivity index (χ4n) is 1.75. The number of halogens is 1. The number of nitrogens with zero attached hydrogens (tertiary/aromatic N) is 1. The van der Waals surface area contributed by atoms with Gasteiger partial charge in [0.25, 0.3) is 5.56 Å². The highest BCUT2D eigenvalue weighted by Gasteiger charge is 2.10. The second-order valence-corrected chi connectivity index (χ2v) is 5.14. The lowest BCUT2D eigenvalue weighted by Gasteiger charge is -2.12. The highest BCUT2D eigenvalue weighted by molar-refractivity contribution is 9.10. The number of benzene rings is 1. The van der Waals surface area contributed by atoms with Crippen LogP contribution in [0.1, 0.15) is 6.92 Å². The highest BCUT2D eigenvalue weighted by Crippen LogP contribution is 2.14. The Labute approximate surface area is 112 Å². The predicted molar refractivity (Wildman–Crippen MR) is 75.1 cm³/mol. The van der Waals surface area contributed by atoms with Crippen LogP contribution in [0.25, 0.3) is 10.9 Å². The van der Waals surface area contributed by atoms with E-state index in [9.17, 15) is 9.59 Å². The lowest BCUT2D eigenvalue weighted by atomic mass is 10.2. The number of fused-ring (bicyclic) bond motifs is 1. The first kappa shape index (κ1) is 13.0. The van der Waals surface area contributed by atoms with Gasteiger partial charge >= 0.3 is 5.69 Å². The molecule has 6 heteroatoms. The molecule has 1 aromatic heterocycles. The molecule has 1 unspecified atom stereocenters. The summed E-state index contributed by atoms with van der Waals surface area (Å²) in [4.78, 5) is 26.8. The standard InChI is InChI=1S/C12H14BrN3O2/c1-7(14-2)6-16-11(17)9-5-8(13)3-4-10(9)15-12(16)18/h3-5,7,14H,6H2,1-2H3,(H,15,18). The molecule has 1 atom stereocenters. The Morgan fingerprint density at radius 1 is 1.44 bits per heavy atom. The van der Waals surface area contributed by atoms with Gasteiger partial charge in [0.2, 0.25) is 0 Å². The molecule has 0 saturated heterocycles. The van der Waals surface area contributed by atoms with E-state index in [1.807, 2.05) is 6.92 Å². The second kappa shape index (κ2) is 5.07. The van der Waals surface area contributed by atoms with E-state index in [0.717, 1.165) is 4.47 Å². The first-order valence-electron chi connectivity index (χ1n) is 5.62. The molecule has 0 amide bonds. The normalized spacial score (nSPS) is 12.8. The van der Waals surface area contributed by atoms with Gasteiger partial charge in [-0.3, -0.25) is 9.36 Å². The van der Waals surface area contributed by atoms with Gasteiger partial charge in [-0.25, -0.2) is 4.79 Å². The highest BCUT2D eigenvalue weighted by atomic mass is 79.9. The van der Waals surface area contributed by atoms with Gasteiger partial charge in [-0.15, -0.1) is 0 Å². The van der Waals surface area contributed by atoms with Crippen LogP contribution in [0, 0.1) is 0 Å². The molecule has 0 aliphatic rings. The zero-order valence-corrected chi connectivity index (χ0v) is 11.7. The van der Waals surface area contributed by atoms with Crippen LogP contribution in [0.5, 0.6) is 0 Å².